The molecule has 114 valence electrons. The van der Waals surface area contributed by atoms with Crippen LogP contribution in [0.2, 0.25) is 19.6 Å². The first-order valence-electron chi connectivity index (χ1n) is 8.30. The van der Waals surface area contributed by atoms with Crippen LogP contribution in [0.3, 0.4) is 0 Å². The van der Waals surface area contributed by atoms with Crippen LogP contribution in [0.1, 0.15) is 18.4 Å². The summed E-state index contributed by atoms with van der Waals surface area (Å²) in [6.07, 6.45) is 16.7. The summed E-state index contributed by atoms with van der Waals surface area (Å²) in [7, 11) is 0. The maximum atomic E-state index is 2.63. The Bertz CT molecular complexity index is 627. The summed E-state index contributed by atoms with van der Waals surface area (Å²) in [5, 5.41) is -1.26. The first kappa shape index (κ1) is 16.1. The van der Waals surface area contributed by atoms with E-state index in [-0.39, 0.29) is 0 Å². The summed E-state index contributed by atoms with van der Waals surface area (Å²) < 4.78 is 5.03. The molecule has 22 heavy (non-hydrogen) atoms. The van der Waals surface area contributed by atoms with Gasteiger partial charge in [-0.1, -0.05) is 0 Å². The Balaban J connectivity index is 2.11. The molecule has 0 bridgehead atoms. The molecule has 0 nitrogen and oxygen atoms in total. The van der Waals surface area contributed by atoms with E-state index >= 15 is 0 Å². The molecule has 0 aromatic heterocycles. The van der Waals surface area contributed by atoms with Gasteiger partial charge in [0.15, 0.2) is 0 Å². The van der Waals surface area contributed by atoms with E-state index in [4.69, 9.17) is 0 Å². The van der Waals surface area contributed by atoms with Gasteiger partial charge < -0.3 is 0 Å². The first-order chi connectivity index (χ1) is 10.5. The van der Waals surface area contributed by atoms with Crippen molar-refractivity contribution < 1.29 is 19.4 Å². The van der Waals surface area contributed by atoms with Crippen LogP contribution in [-0.2, 0) is 23.6 Å². The molecule has 2 aliphatic rings. The van der Waals surface area contributed by atoms with Gasteiger partial charge in [-0.3, -0.25) is 0 Å². The Labute approximate surface area is 139 Å². The Hall–Kier alpha value is -0.720. The van der Waals surface area contributed by atoms with E-state index in [0.717, 1.165) is 0 Å². The third-order valence-electron chi connectivity index (χ3n) is 5.23. The predicted molar refractivity (Wildman–Crippen MR) is 97.2 cm³/mol. The standard InChI is InChI=1S/C7H7.2C5H5.C3H9Si.Zr/c1-7-5-3-2-4-6-7;2*1-2-4-5-3-1;1-4(2)3;/h2-6H,1H2;2*1-3H,4H2;1-3H3;. The molecular weight excluding hydrogens is 360 g/mol. The van der Waals surface area contributed by atoms with Crippen molar-refractivity contribution in [2.45, 2.75) is 36.6 Å². The van der Waals surface area contributed by atoms with Gasteiger partial charge >= 0.3 is 140 Å². The van der Waals surface area contributed by atoms with Gasteiger partial charge in [-0.15, -0.1) is 0 Å². The Morgan fingerprint density at radius 2 is 1.41 bits per heavy atom. The molecule has 0 saturated heterocycles. The molecule has 0 amide bonds. The fourth-order valence-corrected chi connectivity index (χ4v) is 36.4. The molecule has 0 fully saturated rings. The molecule has 1 aromatic carbocycles. The molecule has 0 atom stereocenters. The number of allylic oxidation sites excluding steroid dienone is 8. The van der Waals surface area contributed by atoms with E-state index in [9.17, 15) is 0 Å². The number of benzene rings is 1. The van der Waals surface area contributed by atoms with Crippen LogP contribution < -0.4 is 0 Å². The summed E-state index contributed by atoms with van der Waals surface area (Å²) in [6.45, 7) is 7.89. The Kier molecular flexibility index (Phi) is 4.71. The van der Waals surface area contributed by atoms with Crippen molar-refractivity contribution in [3.63, 3.8) is 0 Å². The molecule has 0 saturated carbocycles. The second-order valence-electron chi connectivity index (χ2n) is 7.47. The molecule has 2 aliphatic carbocycles. The van der Waals surface area contributed by atoms with Gasteiger partial charge in [-0.25, -0.2) is 0 Å². The fraction of sp³-hybridized carbons (Fsp3) is 0.300. The molecule has 0 spiro atoms. The number of hydrogen-bond acceptors (Lipinski definition) is 0. The van der Waals surface area contributed by atoms with Gasteiger partial charge in [-0.2, -0.15) is 0 Å². The minimum atomic E-state index is -2.59. The van der Waals surface area contributed by atoms with Gasteiger partial charge in [0.1, 0.15) is 0 Å². The Morgan fingerprint density at radius 3 is 1.82 bits per heavy atom. The topological polar surface area (TPSA) is 0 Å². The third-order valence-corrected chi connectivity index (χ3v) is 41.0. The van der Waals surface area contributed by atoms with Crippen LogP contribution in [0.5, 0.6) is 0 Å². The van der Waals surface area contributed by atoms with E-state index in [2.05, 4.69) is 86.4 Å². The monoisotopic (exact) mass is 384 g/mol. The van der Waals surface area contributed by atoms with Crippen molar-refractivity contribution in [3.05, 3.63) is 78.9 Å². The van der Waals surface area contributed by atoms with Crippen molar-refractivity contribution in [1.82, 2.24) is 0 Å². The molecule has 1 aromatic rings. The Morgan fingerprint density at radius 1 is 0.864 bits per heavy atom. The maximum absolute atomic E-state index is 2.63. The zero-order chi connectivity index (χ0) is 15.6. The minimum absolute atomic E-state index is 1.21. The van der Waals surface area contributed by atoms with E-state index in [0.29, 0.717) is 0 Å². The second kappa shape index (κ2) is 6.42. The second-order valence-corrected chi connectivity index (χ2v) is 36.6. The summed E-state index contributed by atoms with van der Waals surface area (Å²) in [5.41, 5.74) is 1.56. The average Bonchev–Trinajstić information content (AvgIpc) is 3.18. The number of hydrogen-bond donors (Lipinski definition) is 0. The van der Waals surface area contributed by atoms with Crippen molar-refractivity contribution >= 4 is 5.20 Å². The van der Waals surface area contributed by atoms with E-state index in [1.807, 2.05) is 6.56 Å². The fourth-order valence-electron chi connectivity index (χ4n) is 4.09. The van der Waals surface area contributed by atoms with E-state index in [1.165, 1.54) is 17.0 Å². The third kappa shape index (κ3) is 2.88. The van der Waals surface area contributed by atoms with Crippen molar-refractivity contribution in [2.24, 2.45) is 0 Å². The van der Waals surface area contributed by atoms with Gasteiger partial charge in [0.2, 0.25) is 0 Å². The van der Waals surface area contributed by atoms with E-state index in [1.54, 1.807) is 5.56 Å². The van der Waals surface area contributed by atoms with Crippen LogP contribution in [-0.4, -0.2) is 5.20 Å². The zero-order valence-corrected chi connectivity index (χ0v) is 17.4. The van der Waals surface area contributed by atoms with Gasteiger partial charge in [0.05, 0.1) is 0 Å². The molecule has 2 heteroatoms. The molecule has 0 N–H and O–H groups in total. The van der Waals surface area contributed by atoms with Gasteiger partial charge in [0, 0.05) is 0 Å². The van der Waals surface area contributed by atoms with Gasteiger partial charge in [0.25, 0.3) is 0 Å². The normalized spacial score (nSPS) is 17.8. The first-order valence-corrected chi connectivity index (χ1v) is 19.7. The van der Waals surface area contributed by atoms with Crippen LogP contribution in [0.25, 0.3) is 0 Å². The van der Waals surface area contributed by atoms with Crippen LogP contribution >= 0.6 is 0 Å². The van der Waals surface area contributed by atoms with Crippen LogP contribution in [0.4, 0.5) is 0 Å². The van der Waals surface area contributed by atoms with Crippen LogP contribution in [0, 0.1) is 0 Å². The summed E-state index contributed by atoms with van der Waals surface area (Å²) in [5.74, 6) is 0. The van der Waals surface area contributed by atoms with Crippen LogP contribution in [0.15, 0.2) is 73.3 Å². The van der Waals surface area contributed by atoms with Crippen molar-refractivity contribution in [3.8, 4) is 0 Å². The summed E-state index contributed by atoms with van der Waals surface area (Å²) >= 11 is -2.59. The molecule has 3 rings (SSSR count). The van der Waals surface area contributed by atoms with Crippen molar-refractivity contribution in [1.29, 1.82) is 0 Å². The summed E-state index contributed by atoms with van der Waals surface area (Å²) in [6, 6.07) is 11.2. The molecule has 0 radical (unpaired) electrons. The zero-order valence-electron chi connectivity index (χ0n) is 14.0. The van der Waals surface area contributed by atoms with E-state index < -0.39 is 24.6 Å². The number of rotatable bonds is 5. The molecule has 0 unspecified atom stereocenters. The van der Waals surface area contributed by atoms with Crippen molar-refractivity contribution in [2.75, 3.05) is 0 Å². The van der Waals surface area contributed by atoms with Gasteiger partial charge in [-0.05, 0) is 0 Å². The quantitative estimate of drug-likeness (QED) is 0.557. The predicted octanol–water partition coefficient (Wildman–Crippen LogP) is 5.86. The SMILES string of the molecule is C[Si](C)(C)[Zr]([CH2]c1ccccc1)([C]1=CC=CC1)[C]1=CC=CC1. The molecule has 0 aliphatic heterocycles. The average molecular weight is 386 g/mol. The molecular formula is C20H26SiZr. The summed E-state index contributed by atoms with van der Waals surface area (Å²) in [4.78, 5) is 0. The molecule has 0 heterocycles.